The Balaban J connectivity index is 1.68. The lowest BCUT2D eigenvalue weighted by molar-refractivity contribution is 0.301. The van der Waals surface area contributed by atoms with Crippen LogP contribution >= 0.6 is 11.3 Å². The summed E-state index contributed by atoms with van der Waals surface area (Å²) >= 11 is 1.61. The van der Waals surface area contributed by atoms with Gasteiger partial charge in [0, 0.05) is 23.6 Å². The Hall–Kier alpha value is -2.40. The van der Waals surface area contributed by atoms with E-state index in [1.54, 1.807) is 35.7 Å². The number of benzene rings is 2. The van der Waals surface area contributed by atoms with Gasteiger partial charge >= 0.3 is 0 Å². The molecule has 1 aromatic heterocycles. The zero-order valence-electron chi connectivity index (χ0n) is 11.8. The monoisotopic (exact) mass is 314 g/mol. The quantitative estimate of drug-likeness (QED) is 0.723. The van der Waals surface area contributed by atoms with Gasteiger partial charge in [-0.2, -0.15) is 0 Å². The van der Waals surface area contributed by atoms with E-state index in [-0.39, 0.29) is 12.4 Å². The Kier molecular flexibility index (Phi) is 4.34. The first kappa shape index (κ1) is 14.5. The molecule has 0 aliphatic heterocycles. The second-order valence-electron chi connectivity index (χ2n) is 4.85. The average molecular weight is 314 g/mol. The second-order valence-corrected chi connectivity index (χ2v) is 5.83. The number of hydrogen-bond acceptors (Lipinski definition) is 4. The zero-order valence-corrected chi connectivity index (χ0v) is 12.6. The summed E-state index contributed by atoms with van der Waals surface area (Å²) in [6.07, 6.45) is 2.53. The maximum atomic E-state index is 13.6. The number of nitrogen functional groups attached to an aromatic ring is 1. The summed E-state index contributed by atoms with van der Waals surface area (Å²) in [5, 5.41) is 2.99. The Labute approximate surface area is 132 Å². The molecule has 0 aliphatic carbocycles. The van der Waals surface area contributed by atoms with Gasteiger partial charge in [-0.15, -0.1) is 11.3 Å². The molecule has 2 N–H and O–H groups in total. The predicted octanol–water partition coefficient (Wildman–Crippen LogP) is 4.03. The SMILES string of the molecule is Nc1cc(Cc2nccs2)ccc1OCc1ccccc1F. The molecule has 0 fully saturated rings. The van der Waals surface area contributed by atoms with Crippen molar-refractivity contribution in [3.8, 4) is 5.75 Å². The zero-order chi connectivity index (χ0) is 15.4. The molecule has 22 heavy (non-hydrogen) atoms. The molecule has 0 amide bonds. The van der Waals surface area contributed by atoms with Gasteiger partial charge < -0.3 is 10.5 Å². The maximum Gasteiger partial charge on any atom is 0.142 e. The van der Waals surface area contributed by atoms with Crippen LogP contribution in [0.3, 0.4) is 0 Å². The molecule has 0 bridgehead atoms. The van der Waals surface area contributed by atoms with Crippen molar-refractivity contribution in [1.29, 1.82) is 0 Å². The van der Waals surface area contributed by atoms with Gasteiger partial charge in [0.1, 0.15) is 18.2 Å². The van der Waals surface area contributed by atoms with Crippen LogP contribution in [0.15, 0.2) is 54.0 Å². The van der Waals surface area contributed by atoms with Gasteiger partial charge in [0.25, 0.3) is 0 Å². The Morgan fingerprint density at radius 1 is 1.18 bits per heavy atom. The van der Waals surface area contributed by atoms with E-state index in [1.807, 2.05) is 23.6 Å². The largest absolute Gasteiger partial charge is 0.487 e. The number of aromatic nitrogens is 1. The molecule has 1 heterocycles. The summed E-state index contributed by atoms with van der Waals surface area (Å²) in [7, 11) is 0. The summed E-state index contributed by atoms with van der Waals surface area (Å²) in [5.41, 5.74) is 8.15. The van der Waals surface area contributed by atoms with Crippen molar-refractivity contribution in [2.24, 2.45) is 0 Å². The number of nitrogens with zero attached hydrogens (tertiary/aromatic N) is 1. The van der Waals surface area contributed by atoms with E-state index in [4.69, 9.17) is 10.5 Å². The van der Waals surface area contributed by atoms with Crippen LogP contribution < -0.4 is 10.5 Å². The van der Waals surface area contributed by atoms with Crippen LogP contribution in [0.1, 0.15) is 16.1 Å². The number of anilines is 1. The van der Waals surface area contributed by atoms with Gasteiger partial charge in [-0.25, -0.2) is 9.37 Å². The first-order valence-corrected chi connectivity index (χ1v) is 7.73. The third-order valence-electron chi connectivity index (χ3n) is 3.25. The average Bonchev–Trinajstić information content (AvgIpc) is 3.01. The molecular weight excluding hydrogens is 299 g/mol. The first-order chi connectivity index (χ1) is 10.7. The van der Waals surface area contributed by atoms with E-state index >= 15 is 0 Å². The number of hydrogen-bond donors (Lipinski definition) is 1. The van der Waals surface area contributed by atoms with E-state index in [0.717, 1.165) is 17.0 Å². The lowest BCUT2D eigenvalue weighted by Crippen LogP contribution is -2.01. The molecule has 2 aromatic carbocycles. The van der Waals surface area contributed by atoms with Crippen LogP contribution in [0.2, 0.25) is 0 Å². The van der Waals surface area contributed by atoms with E-state index in [0.29, 0.717) is 17.0 Å². The molecule has 112 valence electrons. The number of thiazole rings is 1. The first-order valence-electron chi connectivity index (χ1n) is 6.85. The molecule has 0 saturated heterocycles. The van der Waals surface area contributed by atoms with Crippen molar-refractivity contribution in [3.05, 3.63) is 76.0 Å². The minimum atomic E-state index is -0.276. The fourth-order valence-electron chi connectivity index (χ4n) is 2.13. The molecule has 3 aromatic rings. The number of halogens is 1. The third kappa shape index (κ3) is 3.43. The minimum absolute atomic E-state index is 0.155. The van der Waals surface area contributed by atoms with Crippen LogP contribution in [0.25, 0.3) is 0 Å². The smallest absolute Gasteiger partial charge is 0.142 e. The van der Waals surface area contributed by atoms with E-state index in [1.165, 1.54) is 6.07 Å². The molecule has 0 radical (unpaired) electrons. The minimum Gasteiger partial charge on any atom is -0.487 e. The highest BCUT2D eigenvalue weighted by atomic mass is 32.1. The number of nitrogens with two attached hydrogens (primary N) is 1. The van der Waals surface area contributed by atoms with Crippen LogP contribution in [-0.4, -0.2) is 4.98 Å². The molecule has 0 unspecified atom stereocenters. The lowest BCUT2D eigenvalue weighted by Gasteiger charge is -2.10. The number of ether oxygens (including phenoxy) is 1. The lowest BCUT2D eigenvalue weighted by atomic mass is 10.1. The summed E-state index contributed by atoms with van der Waals surface area (Å²) < 4.78 is 19.2. The molecule has 0 saturated carbocycles. The van der Waals surface area contributed by atoms with Gasteiger partial charge in [0.05, 0.1) is 10.7 Å². The standard InChI is InChI=1S/C17H15FN2OS/c18-14-4-2-1-3-13(14)11-21-16-6-5-12(9-15(16)19)10-17-20-7-8-22-17/h1-9H,10-11,19H2. The summed E-state index contributed by atoms with van der Waals surface area (Å²) in [5.74, 6) is 0.285. The van der Waals surface area contributed by atoms with Gasteiger partial charge in [-0.3, -0.25) is 0 Å². The van der Waals surface area contributed by atoms with Gasteiger partial charge in [-0.1, -0.05) is 24.3 Å². The van der Waals surface area contributed by atoms with Gasteiger partial charge in [0.15, 0.2) is 0 Å². The van der Waals surface area contributed by atoms with E-state index in [2.05, 4.69) is 4.98 Å². The normalized spacial score (nSPS) is 10.6. The van der Waals surface area contributed by atoms with Crippen LogP contribution in [0.5, 0.6) is 5.75 Å². The van der Waals surface area contributed by atoms with Crippen LogP contribution in [0.4, 0.5) is 10.1 Å². The van der Waals surface area contributed by atoms with Crippen molar-refractivity contribution in [3.63, 3.8) is 0 Å². The van der Waals surface area contributed by atoms with Crippen LogP contribution in [-0.2, 0) is 13.0 Å². The second kappa shape index (κ2) is 6.58. The van der Waals surface area contributed by atoms with Crippen molar-refractivity contribution in [2.45, 2.75) is 13.0 Å². The Morgan fingerprint density at radius 2 is 2.05 bits per heavy atom. The topological polar surface area (TPSA) is 48.1 Å². The molecule has 0 spiro atoms. The predicted molar refractivity (Wildman–Crippen MR) is 86.5 cm³/mol. The van der Waals surface area contributed by atoms with Crippen molar-refractivity contribution >= 4 is 17.0 Å². The van der Waals surface area contributed by atoms with E-state index < -0.39 is 0 Å². The molecule has 3 nitrogen and oxygen atoms in total. The molecule has 3 rings (SSSR count). The molecule has 0 aliphatic rings. The summed E-state index contributed by atoms with van der Waals surface area (Å²) in [4.78, 5) is 4.25. The van der Waals surface area contributed by atoms with Gasteiger partial charge in [-0.05, 0) is 23.8 Å². The van der Waals surface area contributed by atoms with Gasteiger partial charge in [0.2, 0.25) is 0 Å². The fourth-order valence-corrected chi connectivity index (χ4v) is 2.78. The highest BCUT2D eigenvalue weighted by molar-refractivity contribution is 7.09. The maximum absolute atomic E-state index is 13.6. The van der Waals surface area contributed by atoms with Crippen molar-refractivity contribution in [2.75, 3.05) is 5.73 Å². The molecule has 5 heteroatoms. The molecular formula is C17H15FN2OS. The molecule has 0 atom stereocenters. The summed E-state index contributed by atoms with van der Waals surface area (Å²) in [6, 6.07) is 12.2. The van der Waals surface area contributed by atoms with Crippen LogP contribution in [0, 0.1) is 5.82 Å². The summed E-state index contributed by atoms with van der Waals surface area (Å²) in [6.45, 7) is 0.155. The Bertz CT molecular complexity index is 759. The van der Waals surface area contributed by atoms with E-state index in [9.17, 15) is 4.39 Å². The highest BCUT2D eigenvalue weighted by Crippen LogP contribution is 2.25. The fraction of sp³-hybridized carbons (Fsp3) is 0.118. The highest BCUT2D eigenvalue weighted by Gasteiger charge is 2.06. The third-order valence-corrected chi connectivity index (χ3v) is 4.03. The van der Waals surface area contributed by atoms with Crippen molar-refractivity contribution < 1.29 is 9.13 Å². The Morgan fingerprint density at radius 3 is 2.77 bits per heavy atom. The van der Waals surface area contributed by atoms with Crippen molar-refractivity contribution in [1.82, 2.24) is 4.98 Å². The number of rotatable bonds is 5.